The van der Waals surface area contributed by atoms with E-state index in [1.54, 1.807) is 33.8 Å². The first-order chi connectivity index (χ1) is 15.3. The van der Waals surface area contributed by atoms with E-state index in [9.17, 15) is 14.4 Å². The van der Waals surface area contributed by atoms with Gasteiger partial charge in [-0.3, -0.25) is 4.79 Å². The van der Waals surface area contributed by atoms with Gasteiger partial charge in [0.2, 0.25) is 5.91 Å². The minimum absolute atomic E-state index is 0.154. The smallest absolute Gasteiger partial charge is 0.348 e. The summed E-state index contributed by atoms with van der Waals surface area (Å²) in [5, 5.41) is 2.93. The average Bonchev–Trinajstić information content (AvgIpc) is 3.06. The SMILES string of the molecule is CCCOc1ccccc1/C=C/C(=O)Nc1sc(C(=O)OC(C)C)c(C)c1C(=O)OCC. The first-order valence-corrected chi connectivity index (χ1v) is 11.3. The van der Waals surface area contributed by atoms with Crippen molar-refractivity contribution in [3.8, 4) is 5.75 Å². The van der Waals surface area contributed by atoms with E-state index in [1.807, 2.05) is 31.2 Å². The van der Waals surface area contributed by atoms with Crippen molar-refractivity contribution in [1.82, 2.24) is 0 Å². The highest BCUT2D eigenvalue weighted by molar-refractivity contribution is 7.18. The molecule has 2 rings (SSSR count). The van der Waals surface area contributed by atoms with Gasteiger partial charge in [-0.25, -0.2) is 9.59 Å². The quantitative estimate of drug-likeness (QED) is 0.386. The van der Waals surface area contributed by atoms with Crippen molar-refractivity contribution in [3.05, 3.63) is 51.9 Å². The van der Waals surface area contributed by atoms with Crippen LogP contribution in [0.25, 0.3) is 6.08 Å². The van der Waals surface area contributed by atoms with Crippen molar-refractivity contribution in [3.63, 3.8) is 0 Å². The highest BCUT2D eigenvalue weighted by atomic mass is 32.1. The number of hydrogen-bond acceptors (Lipinski definition) is 7. The number of anilines is 1. The third-order valence-electron chi connectivity index (χ3n) is 4.19. The monoisotopic (exact) mass is 459 g/mol. The molecular formula is C24H29NO6S. The van der Waals surface area contributed by atoms with E-state index in [1.165, 1.54) is 6.08 Å². The second-order valence-corrected chi connectivity index (χ2v) is 8.16. The van der Waals surface area contributed by atoms with Gasteiger partial charge in [0.15, 0.2) is 0 Å². The molecule has 0 aliphatic rings. The summed E-state index contributed by atoms with van der Waals surface area (Å²) in [4.78, 5) is 37.8. The van der Waals surface area contributed by atoms with Crippen LogP contribution in [0.3, 0.4) is 0 Å². The maximum atomic E-state index is 12.6. The summed E-state index contributed by atoms with van der Waals surface area (Å²) in [6.07, 6.45) is 3.54. The second kappa shape index (κ2) is 12.0. The largest absolute Gasteiger partial charge is 0.493 e. The van der Waals surface area contributed by atoms with Gasteiger partial charge in [-0.1, -0.05) is 25.1 Å². The second-order valence-electron chi connectivity index (χ2n) is 7.14. The van der Waals surface area contributed by atoms with E-state index < -0.39 is 17.8 Å². The first-order valence-electron chi connectivity index (χ1n) is 10.5. The van der Waals surface area contributed by atoms with Crippen molar-refractivity contribution >= 4 is 40.3 Å². The molecule has 1 amide bonds. The number of amides is 1. The lowest BCUT2D eigenvalue weighted by Crippen LogP contribution is -2.13. The highest BCUT2D eigenvalue weighted by Gasteiger charge is 2.27. The van der Waals surface area contributed by atoms with Gasteiger partial charge in [-0.2, -0.15) is 0 Å². The van der Waals surface area contributed by atoms with Crippen molar-refractivity contribution in [1.29, 1.82) is 0 Å². The minimum Gasteiger partial charge on any atom is -0.493 e. The van der Waals surface area contributed by atoms with Gasteiger partial charge in [-0.15, -0.1) is 11.3 Å². The Morgan fingerprint density at radius 1 is 1.12 bits per heavy atom. The Hall–Kier alpha value is -3.13. The van der Waals surface area contributed by atoms with Crippen molar-refractivity contribution in [2.24, 2.45) is 0 Å². The number of carbonyl (C=O) groups is 3. The molecule has 0 radical (unpaired) electrons. The zero-order valence-electron chi connectivity index (χ0n) is 19.0. The number of para-hydroxylation sites is 1. The molecule has 0 bridgehead atoms. The summed E-state index contributed by atoms with van der Waals surface area (Å²) < 4.78 is 16.1. The summed E-state index contributed by atoms with van der Waals surface area (Å²) in [7, 11) is 0. The normalized spacial score (nSPS) is 10.9. The Labute approximate surface area is 192 Å². The summed E-state index contributed by atoms with van der Waals surface area (Å²) >= 11 is 0.989. The van der Waals surface area contributed by atoms with Crippen molar-refractivity contribution in [2.75, 3.05) is 18.5 Å². The molecule has 0 spiro atoms. The van der Waals surface area contributed by atoms with Crippen LogP contribution < -0.4 is 10.1 Å². The van der Waals surface area contributed by atoms with Gasteiger partial charge >= 0.3 is 11.9 Å². The van der Waals surface area contributed by atoms with E-state index in [2.05, 4.69) is 5.32 Å². The van der Waals surface area contributed by atoms with E-state index >= 15 is 0 Å². The Morgan fingerprint density at radius 2 is 1.84 bits per heavy atom. The van der Waals surface area contributed by atoms with Crippen LogP contribution >= 0.6 is 11.3 Å². The maximum Gasteiger partial charge on any atom is 0.348 e. The molecule has 0 aliphatic heterocycles. The molecule has 0 atom stereocenters. The number of hydrogen-bond donors (Lipinski definition) is 1. The van der Waals surface area contributed by atoms with Crippen LogP contribution in [0.1, 0.15) is 65.3 Å². The number of benzene rings is 1. The molecule has 0 aliphatic carbocycles. The number of ether oxygens (including phenoxy) is 3. The summed E-state index contributed by atoms with van der Waals surface area (Å²) in [5.74, 6) is -0.935. The standard InChI is InChI=1S/C24H29NO6S/c1-6-14-30-18-11-9-8-10-17(18)12-13-19(26)25-22-20(23(27)29-7-2)16(5)21(32-22)24(28)31-15(3)4/h8-13,15H,6-7,14H2,1-5H3,(H,25,26)/b13-12+. The lowest BCUT2D eigenvalue weighted by molar-refractivity contribution is -0.111. The van der Waals surface area contributed by atoms with Gasteiger partial charge in [0.25, 0.3) is 0 Å². The van der Waals surface area contributed by atoms with Crippen molar-refractivity contribution in [2.45, 2.75) is 47.1 Å². The molecule has 2 aromatic rings. The number of thiophene rings is 1. The molecule has 8 heteroatoms. The Kier molecular flexibility index (Phi) is 9.46. The van der Waals surface area contributed by atoms with Crippen LogP contribution in [0.2, 0.25) is 0 Å². The molecular weight excluding hydrogens is 430 g/mol. The maximum absolute atomic E-state index is 12.6. The number of carbonyl (C=O) groups excluding carboxylic acids is 3. The molecule has 0 saturated carbocycles. The summed E-state index contributed by atoms with van der Waals surface area (Å²) in [6.45, 7) is 9.55. The molecule has 0 fully saturated rings. The lowest BCUT2D eigenvalue weighted by Gasteiger charge is -2.08. The predicted octanol–water partition coefficient (Wildman–Crippen LogP) is 5.24. The van der Waals surface area contributed by atoms with E-state index in [4.69, 9.17) is 14.2 Å². The fourth-order valence-electron chi connectivity index (χ4n) is 2.79. The molecule has 0 unspecified atom stereocenters. The molecule has 0 saturated heterocycles. The van der Waals surface area contributed by atoms with E-state index in [-0.39, 0.29) is 28.2 Å². The Bertz CT molecular complexity index is 992. The molecule has 172 valence electrons. The molecule has 1 aromatic carbocycles. The molecule has 1 N–H and O–H groups in total. The van der Waals surface area contributed by atoms with Gasteiger partial charge < -0.3 is 19.5 Å². The minimum atomic E-state index is -0.609. The average molecular weight is 460 g/mol. The van der Waals surface area contributed by atoms with Crippen LogP contribution in [0.4, 0.5) is 5.00 Å². The van der Waals surface area contributed by atoms with Crippen LogP contribution in [0.15, 0.2) is 30.3 Å². The topological polar surface area (TPSA) is 90.9 Å². The van der Waals surface area contributed by atoms with Gasteiger partial charge in [0, 0.05) is 11.6 Å². The fourth-order valence-corrected chi connectivity index (χ4v) is 3.87. The van der Waals surface area contributed by atoms with Crippen LogP contribution in [0.5, 0.6) is 5.75 Å². The third-order valence-corrected chi connectivity index (χ3v) is 5.37. The number of rotatable bonds is 10. The molecule has 1 aromatic heterocycles. The van der Waals surface area contributed by atoms with Gasteiger partial charge in [-0.05, 0) is 51.8 Å². The zero-order valence-corrected chi connectivity index (χ0v) is 19.8. The molecule has 1 heterocycles. The fraction of sp³-hybridized carbons (Fsp3) is 0.375. The van der Waals surface area contributed by atoms with Gasteiger partial charge in [0.1, 0.15) is 15.6 Å². The van der Waals surface area contributed by atoms with Crippen LogP contribution in [-0.4, -0.2) is 37.2 Å². The van der Waals surface area contributed by atoms with Crippen molar-refractivity contribution < 1.29 is 28.6 Å². The highest BCUT2D eigenvalue weighted by Crippen LogP contribution is 2.34. The van der Waals surface area contributed by atoms with Crippen LogP contribution in [0, 0.1) is 6.92 Å². The third kappa shape index (κ3) is 6.68. The van der Waals surface area contributed by atoms with Gasteiger partial charge in [0.05, 0.1) is 24.9 Å². The Morgan fingerprint density at radius 3 is 2.50 bits per heavy atom. The lowest BCUT2D eigenvalue weighted by atomic mass is 10.1. The molecule has 7 nitrogen and oxygen atoms in total. The summed E-state index contributed by atoms with van der Waals surface area (Å²) in [5.41, 5.74) is 1.32. The van der Waals surface area contributed by atoms with Crippen LogP contribution in [-0.2, 0) is 14.3 Å². The number of nitrogens with one attached hydrogen (secondary N) is 1. The molecule has 32 heavy (non-hydrogen) atoms. The zero-order chi connectivity index (χ0) is 23.7. The van der Waals surface area contributed by atoms with E-state index in [0.717, 1.165) is 23.3 Å². The summed E-state index contributed by atoms with van der Waals surface area (Å²) in [6, 6.07) is 7.39. The first kappa shape index (κ1) is 25.1. The predicted molar refractivity (Wildman–Crippen MR) is 125 cm³/mol. The number of esters is 2. The van der Waals surface area contributed by atoms with E-state index in [0.29, 0.717) is 17.9 Å². The Balaban J connectivity index is 2.29.